The Balaban J connectivity index is 5.37. The van der Waals surface area contributed by atoms with E-state index < -0.39 is 97.5 Å². The number of phosphoric ester groups is 2. The van der Waals surface area contributed by atoms with Crippen LogP contribution >= 0.6 is 15.6 Å². The van der Waals surface area contributed by atoms with E-state index in [9.17, 15) is 43.2 Å². The average Bonchev–Trinajstić information content (AvgIpc) is 0.935. The van der Waals surface area contributed by atoms with Crippen molar-refractivity contribution in [2.24, 2.45) is 0 Å². The molecule has 0 saturated heterocycles. The van der Waals surface area contributed by atoms with E-state index in [0.29, 0.717) is 32.1 Å². The van der Waals surface area contributed by atoms with E-state index in [1.54, 1.807) is 0 Å². The summed E-state index contributed by atoms with van der Waals surface area (Å²) in [7, 11) is -9.96. The first-order valence-electron chi connectivity index (χ1n) is 39.8. The lowest BCUT2D eigenvalue weighted by atomic mass is 10.0. The van der Waals surface area contributed by atoms with Gasteiger partial charge < -0.3 is 33.8 Å². The van der Waals surface area contributed by atoms with Gasteiger partial charge in [0.05, 0.1) is 26.4 Å². The Morgan fingerprint density at radius 3 is 0.860 bits per heavy atom. The molecule has 0 aromatic heterocycles. The van der Waals surface area contributed by atoms with E-state index in [1.165, 1.54) is 141 Å². The van der Waals surface area contributed by atoms with E-state index in [2.05, 4.69) is 94.5 Å². The molecule has 0 aliphatic rings. The second-order valence-electron chi connectivity index (χ2n) is 26.6. The summed E-state index contributed by atoms with van der Waals surface area (Å²) < 4.78 is 68.5. The molecule has 580 valence electrons. The molecule has 0 aromatic rings. The first kappa shape index (κ1) is 96.2. The monoisotopic (exact) mass is 1450 g/mol. The van der Waals surface area contributed by atoms with Crippen molar-refractivity contribution in [3.63, 3.8) is 0 Å². The lowest BCUT2D eigenvalue weighted by Gasteiger charge is -2.21. The Bertz CT molecular complexity index is 2230. The molecule has 0 heterocycles. The van der Waals surface area contributed by atoms with Crippen LogP contribution in [-0.4, -0.2) is 96.7 Å². The van der Waals surface area contributed by atoms with Crippen LogP contribution in [0.2, 0.25) is 0 Å². The summed E-state index contributed by atoms with van der Waals surface area (Å²) in [5.74, 6) is -2.25. The smallest absolute Gasteiger partial charge is 0.462 e. The minimum Gasteiger partial charge on any atom is -0.462 e. The first-order chi connectivity index (χ1) is 48.7. The summed E-state index contributed by atoms with van der Waals surface area (Å²) in [4.78, 5) is 72.9. The van der Waals surface area contributed by atoms with Gasteiger partial charge in [0.15, 0.2) is 12.2 Å². The van der Waals surface area contributed by atoms with Crippen molar-refractivity contribution in [1.82, 2.24) is 0 Å². The number of ether oxygens (including phenoxy) is 4. The average molecular weight is 1450 g/mol. The Morgan fingerprint density at radius 1 is 0.290 bits per heavy atom. The lowest BCUT2D eigenvalue weighted by molar-refractivity contribution is -0.161. The fraction of sp³-hybridized carbons (Fsp3) is 0.778. The van der Waals surface area contributed by atoms with Gasteiger partial charge in [-0.15, -0.1) is 0 Å². The fourth-order valence-electron chi connectivity index (χ4n) is 10.8. The largest absolute Gasteiger partial charge is 0.472 e. The molecule has 17 nitrogen and oxygen atoms in total. The quantitative estimate of drug-likeness (QED) is 0.0169. The number of aliphatic hydroxyl groups is 1. The molecule has 0 spiro atoms. The molecular formula is C81H144O17P2. The van der Waals surface area contributed by atoms with Crippen LogP contribution in [0.4, 0.5) is 0 Å². The lowest BCUT2D eigenvalue weighted by Crippen LogP contribution is -2.30. The molecule has 0 amide bonds. The van der Waals surface area contributed by atoms with Gasteiger partial charge in [-0.05, 0) is 89.9 Å². The zero-order valence-electron chi connectivity index (χ0n) is 63.4. The molecule has 2 unspecified atom stereocenters. The maximum absolute atomic E-state index is 13.1. The first-order valence-corrected chi connectivity index (χ1v) is 42.8. The third kappa shape index (κ3) is 72.6. The Morgan fingerprint density at radius 2 is 0.540 bits per heavy atom. The van der Waals surface area contributed by atoms with E-state index >= 15 is 0 Å². The van der Waals surface area contributed by atoms with Crippen molar-refractivity contribution in [3.8, 4) is 0 Å². The van der Waals surface area contributed by atoms with E-state index in [4.69, 9.17) is 37.0 Å². The van der Waals surface area contributed by atoms with Crippen LogP contribution in [-0.2, 0) is 65.4 Å². The molecule has 100 heavy (non-hydrogen) atoms. The normalized spacial score (nSPS) is 14.3. The molecule has 5 atom stereocenters. The van der Waals surface area contributed by atoms with Crippen LogP contribution in [0, 0.1) is 0 Å². The molecule has 0 bridgehead atoms. The maximum atomic E-state index is 13.1. The van der Waals surface area contributed by atoms with Gasteiger partial charge >= 0.3 is 39.5 Å². The molecule has 0 rings (SSSR count). The summed E-state index contributed by atoms with van der Waals surface area (Å²) in [5, 5.41) is 10.6. The molecule has 0 aromatic carbocycles. The van der Waals surface area contributed by atoms with Crippen molar-refractivity contribution in [3.05, 3.63) is 85.1 Å². The highest BCUT2D eigenvalue weighted by Crippen LogP contribution is 2.45. The van der Waals surface area contributed by atoms with Crippen molar-refractivity contribution in [1.29, 1.82) is 0 Å². The molecule has 0 aliphatic carbocycles. The van der Waals surface area contributed by atoms with Crippen molar-refractivity contribution in [2.75, 3.05) is 39.6 Å². The SMILES string of the molecule is CC/C=C\C/C=C\C/C=C\C/C=C\C/C=C\C/C=C\CCC(=O)OC[C@H](COP(=O)(O)OC[C@@H](O)COP(=O)(O)OC[C@@H](COC(=O)CCCCCCC/C=C\CCCCCCCC)OC(=O)CCCCCCCCCCCCCCC)OC(=O)CCCCCCCCCCCCCCC. The summed E-state index contributed by atoms with van der Waals surface area (Å²) >= 11 is 0. The summed E-state index contributed by atoms with van der Waals surface area (Å²) in [6, 6.07) is 0. The zero-order valence-corrected chi connectivity index (χ0v) is 65.2. The standard InChI is InChI=1S/C81H144O17P2/c1-5-9-13-17-21-25-29-33-35-36-37-38-40-44-46-50-54-58-62-66-79(84)92-72-77(98-81(86)68-64-60-56-52-48-42-32-28-24-20-16-12-8-4)74-96-100(89,90)94-70-75(82)69-93-99(87,88)95-73-76(97-80(85)67-63-59-55-51-47-41-31-27-23-19-15-11-7-3)71-91-78(83)65-61-57-53-49-45-43-39-34-30-26-22-18-14-10-6-2/h9,13,21,25,33-35,37-39,44,46,54,58,75-77,82H,5-8,10-12,14-20,22-24,26-32,36,40-43,45,47-53,55-57,59-74H2,1-4H3,(H,87,88)(H,89,90)/b13-9-,25-21-,35-33-,38-37-,39-34-,46-44-,58-54-/t75-,76+,77+/m0/s1. The van der Waals surface area contributed by atoms with Crippen LogP contribution in [0.1, 0.15) is 349 Å². The molecule has 0 radical (unpaired) electrons. The van der Waals surface area contributed by atoms with Gasteiger partial charge in [0.25, 0.3) is 0 Å². The van der Waals surface area contributed by atoms with Crippen LogP contribution in [0.5, 0.6) is 0 Å². The number of esters is 4. The Kier molecular flexibility index (Phi) is 70.8. The molecular weight excluding hydrogens is 1310 g/mol. The zero-order chi connectivity index (χ0) is 73.2. The second kappa shape index (κ2) is 73.5. The topological polar surface area (TPSA) is 237 Å². The Labute approximate surface area is 608 Å². The summed E-state index contributed by atoms with van der Waals surface area (Å²) in [5.41, 5.74) is 0. The molecule has 3 N–H and O–H groups in total. The molecule has 19 heteroatoms. The van der Waals surface area contributed by atoms with Gasteiger partial charge in [-0.1, -0.05) is 318 Å². The predicted octanol–water partition coefficient (Wildman–Crippen LogP) is 23.0. The number of rotatable bonds is 75. The van der Waals surface area contributed by atoms with Crippen molar-refractivity contribution in [2.45, 2.75) is 367 Å². The third-order valence-corrected chi connectivity index (χ3v) is 18.8. The van der Waals surface area contributed by atoms with Gasteiger partial charge in [0, 0.05) is 25.7 Å². The van der Waals surface area contributed by atoms with E-state index in [-0.39, 0.29) is 25.7 Å². The van der Waals surface area contributed by atoms with E-state index in [1.807, 2.05) is 18.2 Å². The van der Waals surface area contributed by atoms with Gasteiger partial charge in [-0.25, -0.2) is 9.13 Å². The number of aliphatic hydroxyl groups excluding tert-OH is 1. The third-order valence-electron chi connectivity index (χ3n) is 16.9. The fourth-order valence-corrected chi connectivity index (χ4v) is 12.4. The van der Waals surface area contributed by atoms with Gasteiger partial charge in [0.1, 0.15) is 19.3 Å². The van der Waals surface area contributed by atoms with Gasteiger partial charge in [-0.2, -0.15) is 0 Å². The number of carbonyl (C=O) groups excluding carboxylic acids is 4. The van der Waals surface area contributed by atoms with E-state index in [0.717, 1.165) is 122 Å². The van der Waals surface area contributed by atoms with Crippen LogP contribution < -0.4 is 0 Å². The highest BCUT2D eigenvalue weighted by molar-refractivity contribution is 7.47. The van der Waals surface area contributed by atoms with Crippen LogP contribution in [0.15, 0.2) is 85.1 Å². The number of hydrogen-bond donors (Lipinski definition) is 3. The predicted molar refractivity (Wildman–Crippen MR) is 409 cm³/mol. The number of allylic oxidation sites excluding steroid dienone is 14. The van der Waals surface area contributed by atoms with Gasteiger partial charge in [0.2, 0.25) is 0 Å². The van der Waals surface area contributed by atoms with Crippen LogP contribution in [0.25, 0.3) is 0 Å². The molecule has 0 fully saturated rings. The number of carbonyl (C=O) groups is 4. The summed E-state index contributed by atoms with van der Waals surface area (Å²) in [6.07, 6.45) is 75.8. The minimum absolute atomic E-state index is 0.0391. The Hall–Kier alpha value is -3.76. The second-order valence-corrected chi connectivity index (χ2v) is 29.5. The van der Waals surface area contributed by atoms with Gasteiger partial charge in [-0.3, -0.25) is 37.3 Å². The minimum atomic E-state index is -4.99. The van der Waals surface area contributed by atoms with Crippen LogP contribution in [0.3, 0.4) is 0 Å². The number of hydrogen-bond acceptors (Lipinski definition) is 15. The maximum Gasteiger partial charge on any atom is 0.472 e. The highest BCUT2D eigenvalue weighted by Gasteiger charge is 2.30. The number of unbranched alkanes of at least 4 members (excludes halogenated alkanes) is 35. The molecule has 0 aliphatic heterocycles. The van der Waals surface area contributed by atoms with Crippen molar-refractivity contribution < 1.29 is 80.2 Å². The molecule has 0 saturated carbocycles. The number of phosphoric acid groups is 2. The highest BCUT2D eigenvalue weighted by atomic mass is 31.2. The van der Waals surface area contributed by atoms with Crippen molar-refractivity contribution >= 4 is 39.5 Å². The summed E-state index contributed by atoms with van der Waals surface area (Å²) in [6.45, 7) is 4.71.